The maximum absolute atomic E-state index is 13.1. The number of nitrogens with two attached hydrogens (primary N) is 1. The predicted octanol–water partition coefficient (Wildman–Crippen LogP) is 2.56. The van der Waals surface area contributed by atoms with Crippen LogP contribution in [0.1, 0.15) is 30.5 Å². The predicted molar refractivity (Wildman–Crippen MR) is 61.6 cm³/mol. The molecule has 0 amide bonds. The van der Waals surface area contributed by atoms with Gasteiger partial charge in [-0.2, -0.15) is 0 Å². The van der Waals surface area contributed by atoms with Crippen molar-refractivity contribution in [3.05, 3.63) is 35.1 Å². The standard InChI is InChI=1S/C13H18FNO/c1-8-5-10(3-4-12(8)14)13(15)11-6-9(2)16-7-11/h3-5,9,11,13H,6-7,15H2,1-2H3. The van der Waals surface area contributed by atoms with Gasteiger partial charge in [0, 0.05) is 12.0 Å². The van der Waals surface area contributed by atoms with Crippen molar-refractivity contribution >= 4 is 0 Å². The van der Waals surface area contributed by atoms with E-state index in [2.05, 4.69) is 6.92 Å². The van der Waals surface area contributed by atoms with Crippen molar-refractivity contribution < 1.29 is 9.13 Å². The largest absolute Gasteiger partial charge is 0.378 e. The third kappa shape index (κ3) is 2.25. The van der Waals surface area contributed by atoms with Gasteiger partial charge in [0.1, 0.15) is 5.82 Å². The van der Waals surface area contributed by atoms with Crippen LogP contribution in [0.4, 0.5) is 4.39 Å². The lowest BCUT2D eigenvalue weighted by Gasteiger charge is -2.18. The highest BCUT2D eigenvalue weighted by molar-refractivity contribution is 5.26. The molecule has 0 saturated carbocycles. The van der Waals surface area contributed by atoms with Gasteiger partial charge in [-0.1, -0.05) is 12.1 Å². The van der Waals surface area contributed by atoms with Crippen LogP contribution in [0.5, 0.6) is 0 Å². The quantitative estimate of drug-likeness (QED) is 0.836. The molecule has 1 heterocycles. The normalized spacial score (nSPS) is 27.0. The van der Waals surface area contributed by atoms with Crippen LogP contribution in [-0.4, -0.2) is 12.7 Å². The molecule has 1 aromatic rings. The molecule has 0 bridgehead atoms. The number of halogens is 1. The molecule has 3 atom stereocenters. The van der Waals surface area contributed by atoms with Crippen LogP contribution in [0.3, 0.4) is 0 Å². The van der Waals surface area contributed by atoms with Crippen LogP contribution < -0.4 is 5.73 Å². The minimum absolute atomic E-state index is 0.0516. The first-order chi connectivity index (χ1) is 7.58. The molecule has 0 aromatic heterocycles. The Bertz CT molecular complexity index is 380. The first kappa shape index (κ1) is 11.6. The van der Waals surface area contributed by atoms with Crippen LogP contribution in [-0.2, 0) is 4.74 Å². The van der Waals surface area contributed by atoms with Gasteiger partial charge >= 0.3 is 0 Å². The van der Waals surface area contributed by atoms with Crippen LogP contribution in [0.25, 0.3) is 0 Å². The van der Waals surface area contributed by atoms with E-state index in [4.69, 9.17) is 10.5 Å². The van der Waals surface area contributed by atoms with Gasteiger partial charge in [-0.05, 0) is 37.5 Å². The second-order valence-corrected chi connectivity index (χ2v) is 4.67. The molecule has 0 spiro atoms. The molecule has 2 N–H and O–H groups in total. The first-order valence-electron chi connectivity index (χ1n) is 5.71. The number of hydrogen-bond donors (Lipinski definition) is 1. The van der Waals surface area contributed by atoms with Gasteiger partial charge < -0.3 is 10.5 Å². The van der Waals surface area contributed by atoms with E-state index in [0.717, 1.165) is 12.0 Å². The Balaban J connectivity index is 2.14. The van der Waals surface area contributed by atoms with Crippen LogP contribution in [0, 0.1) is 18.7 Å². The summed E-state index contributed by atoms with van der Waals surface area (Å²) in [5, 5.41) is 0. The van der Waals surface area contributed by atoms with E-state index in [0.29, 0.717) is 18.1 Å². The van der Waals surface area contributed by atoms with Crippen molar-refractivity contribution in [1.29, 1.82) is 0 Å². The second kappa shape index (κ2) is 4.52. The summed E-state index contributed by atoms with van der Waals surface area (Å²) >= 11 is 0. The van der Waals surface area contributed by atoms with E-state index in [1.54, 1.807) is 13.0 Å². The molecule has 3 unspecified atom stereocenters. The van der Waals surface area contributed by atoms with Crippen LogP contribution in [0.15, 0.2) is 18.2 Å². The summed E-state index contributed by atoms with van der Waals surface area (Å²) in [6.45, 7) is 4.53. The molecule has 1 aliphatic rings. The lowest BCUT2D eigenvalue weighted by molar-refractivity contribution is 0.118. The summed E-state index contributed by atoms with van der Waals surface area (Å²) in [6, 6.07) is 5.05. The maximum Gasteiger partial charge on any atom is 0.126 e. The lowest BCUT2D eigenvalue weighted by Crippen LogP contribution is -2.22. The molecular weight excluding hydrogens is 205 g/mol. The fraction of sp³-hybridized carbons (Fsp3) is 0.538. The molecule has 88 valence electrons. The number of ether oxygens (including phenoxy) is 1. The average molecular weight is 223 g/mol. The SMILES string of the molecule is Cc1cc(C(N)C2COC(C)C2)ccc1F. The molecule has 1 aromatic carbocycles. The van der Waals surface area contributed by atoms with Crippen LogP contribution >= 0.6 is 0 Å². The van der Waals surface area contributed by atoms with E-state index in [1.165, 1.54) is 6.07 Å². The van der Waals surface area contributed by atoms with Gasteiger partial charge in [0.15, 0.2) is 0 Å². The number of aryl methyl sites for hydroxylation is 1. The highest BCUT2D eigenvalue weighted by Crippen LogP contribution is 2.30. The number of hydrogen-bond acceptors (Lipinski definition) is 2. The second-order valence-electron chi connectivity index (χ2n) is 4.67. The topological polar surface area (TPSA) is 35.2 Å². The van der Waals surface area contributed by atoms with Crippen LogP contribution in [0.2, 0.25) is 0 Å². The summed E-state index contributed by atoms with van der Waals surface area (Å²) in [6.07, 6.45) is 1.27. The molecule has 2 nitrogen and oxygen atoms in total. The molecular formula is C13H18FNO. The lowest BCUT2D eigenvalue weighted by atomic mass is 9.91. The molecule has 1 fully saturated rings. The Morgan fingerprint density at radius 1 is 1.50 bits per heavy atom. The van der Waals surface area contributed by atoms with E-state index in [1.807, 2.05) is 6.07 Å². The van der Waals surface area contributed by atoms with Crippen molar-refractivity contribution in [1.82, 2.24) is 0 Å². The van der Waals surface area contributed by atoms with Crippen molar-refractivity contribution in [3.63, 3.8) is 0 Å². The Hall–Kier alpha value is -0.930. The molecule has 0 radical (unpaired) electrons. The van der Waals surface area contributed by atoms with Gasteiger partial charge in [0.25, 0.3) is 0 Å². The average Bonchev–Trinajstić information content (AvgIpc) is 2.68. The minimum atomic E-state index is -0.174. The highest BCUT2D eigenvalue weighted by Gasteiger charge is 2.28. The molecule has 3 heteroatoms. The Labute approximate surface area is 95.6 Å². The van der Waals surface area contributed by atoms with E-state index >= 15 is 0 Å². The molecule has 2 rings (SSSR count). The first-order valence-corrected chi connectivity index (χ1v) is 5.71. The fourth-order valence-electron chi connectivity index (χ4n) is 2.25. The molecule has 1 aliphatic heterocycles. The van der Waals surface area contributed by atoms with Gasteiger partial charge in [-0.25, -0.2) is 4.39 Å². The number of rotatable bonds is 2. The Kier molecular flexibility index (Phi) is 3.26. The number of benzene rings is 1. The molecule has 1 saturated heterocycles. The third-order valence-corrected chi connectivity index (χ3v) is 3.30. The zero-order chi connectivity index (χ0) is 11.7. The summed E-state index contributed by atoms with van der Waals surface area (Å²) in [7, 11) is 0. The summed E-state index contributed by atoms with van der Waals surface area (Å²) < 4.78 is 18.6. The van der Waals surface area contributed by atoms with Crippen molar-refractivity contribution in [2.24, 2.45) is 11.7 Å². The van der Waals surface area contributed by atoms with Gasteiger partial charge in [-0.15, -0.1) is 0 Å². The maximum atomic E-state index is 13.1. The van der Waals surface area contributed by atoms with Crippen molar-refractivity contribution in [2.45, 2.75) is 32.4 Å². The van der Waals surface area contributed by atoms with Gasteiger partial charge in [-0.3, -0.25) is 0 Å². The minimum Gasteiger partial charge on any atom is -0.378 e. The highest BCUT2D eigenvalue weighted by atomic mass is 19.1. The smallest absolute Gasteiger partial charge is 0.126 e. The molecule has 16 heavy (non-hydrogen) atoms. The van der Waals surface area contributed by atoms with Gasteiger partial charge in [0.05, 0.1) is 12.7 Å². The van der Waals surface area contributed by atoms with Crippen molar-refractivity contribution in [3.8, 4) is 0 Å². The Morgan fingerprint density at radius 2 is 2.25 bits per heavy atom. The zero-order valence-corrected chi connectivity index (χ0v) is 9.74. The fourth-order valence-corrected chi connectivity index (χ4v) is 2.25. The summed E-state index contributed by atoms with van der Waals surface area (Å²) in [5.74, 6) is 0.173. The monoisotopic (exact) mass is 223 g/mol. The van der Waals surface area contributed by atoms with E-state index in [-0.39, 0.29) is 18.0 Å². The summed E-state index contributed by atoms with van der Waals surface area (Å²) in [5.41, 5.74) is 7.83. The zero-order valence-electron chi connectivity index (χ0n) is 9.74. The van der Waals surface area contributed by atoms with Gasteiger partial charge in [0.2, 0.25) is 0 Å². The summed E-state index contributed by atoms with van der Waals surface area (Å²) in [4.78, 5) is 0. The van der Waals surface area contributed by atoms with Crippen molar-refractivity contribution in [2.75, 3.05) is 6.61 Å². The third-order valence-electron chi connectivity index (χ3n) is 3.30. The molecule has 0 aliphatic carbocycles. The van der Waals surface area contributed by atoms with E-state index in [9.17, 15) is 4.39 Å². The van der Waals surface area contributed by atoms with E-state index < -0.39 is 0 Å². The Morgan fingerprint density at radius 3 is 2.81 bits per heavy atom.